The SMILES string of the molecule is CNCC1CCCN1C(=O)c1cc(-c2ccco2)n(-c2cccc(Cl)c2)n1.Cl. The van der Waals surface area contributed by atoms with E-state index in [0.717, 1.165) is 37.3 Å². The smallest absolute Gasteiger partial charge is 0.274 e. The van der Waals surface area contributed by atoms with E-state index in [0.29, 0.717) is 16.5 Å². The first-order chi connectivity index (χ1) is 13.2. The van der Waals surface area contributed by atoms with Gasteiger partial charge in [0.1, 0.15) is 5.69 Å². The minimum Gasteiger partial charge on any atom is -0.463 e. The third kappa shape index (κ3) is 3.94. The summed E-state index contributed by atoms with van der Waals surface area (Å²) in [6.07, 6.45) is 3.63. The molecule has 0 saturated carbocycles. The van der Waals surface area contributed by atoms with Crippen LogP contribution in [0.1, 0.15) is 23.3 Å². The first-order valence-corrected chi connectivity index (χ1v) is 9.40. The van der Waals surface area contributed by atoms with E-state index in [1.807, 2.05) is 42.3 Å². The number of nitrogens with one attached hydrogen (secondary N) is 1. The third-order valence-corrected chi connectivity index (χ3v) is 5.07. The van der Waals surface area contributed by atoms with Crippen LogP contribution in [0.5, 0.6) is 0 Å². The molecule has 1 N–H and O–H groups in total. The molecule has 148 valence electrons. The summed E-state index contributed by atoms with van der Waals surface area (Å²) in [5, 5.41) is 8.38. The summed E-state index contributed by atoms with van der Waals surface area (Å²) in [6.45, 7) is 1.54. The molecule has 3 aromatic rings. The van der Waals surface area contributed by atoms with Crippen molar-refractivity contribution in [2.75, 3.05) is 20.1 Å². The van der Waals surface area contributed by atoms with E-state index in [1.54, 1.807) is 23.1 Å². The highest BCUT2D eigenvalue weighted by atomic mass is 35.5. The fraction of sp³-hybridized carbons (Fsp3) is 0.300. The molecule has 0 aliphatic carbocycles. The molecule has 1 unspecified atom stereocenters. The van der Waals surface area contributed by atoms with Gasteiger partial charge in [-0.3, -0.25) is 4.79 Å². The number of amides is 1. The van der Waals surface area contributed by atoms with Crippen molar-refractivity contribution in [3.63, 3.8) is 0 Å². The van der Waals surface area contributed by atoms with Gasteiger partial charge in [0, 0.05) is 30.2 Å². The highest BCUT2D eigenvalue weighted by Crippen LogP contribution is 2.27. The Kier molecular flexibility index (Phi) is 6.44. The predicted molar refractivity (Wildman–Crippen MR) is 112 cm³/mol. The second kappa shape index (κ2) is 8.82. The number of likely N-dealkylation sites (N-methyl/N-ethyl adjacent to an activating group) is 1. The second-order valence-corrected chi connectivity index (χ2v) is 7.07. The molecule has 0 radical (unpaired) electrons. The van der Waals surface area contributed by atoms with Crippen LogP contribution < -0.4 is 5.32 Å². The van der Waals surface area contributed by atoms with Crippen molar-refractivity contribution in [2.45, 2.75) is 18.9 Å². The van der Waals surface area contributed by atoms with E-state index < -0.39 is 0 Å². The molecule has 0 bridgehead atoms. The molecule has 1 amide bonds. The summed E-state index contributed by atoms with van der Waals surface area (Å²) in [7, 11) is 1.91. The van der Waals surface area contributed by atoms with E-state index in [-0.39, 0.29) is 24.4 Å². The Morgan fingerprint density at radius 1 is 1.32 bits per heavy atom. The lowest BCUT2D eigenvalue weighted by Crippen LogP contribution is -2.41. The van der Waals surface area contributed by atoms with Crippen molar-refractivity contribution >= 4 is 29.9 Å². The van der Waals surface area contributed by atoms with Crippen LogP contribution in [0.2, 0.25) is 5.02 Å². The first-order valence-electron chi connectivity index (χ1n) is 9.03. The zero-order valence-electron chi connectivity index (χ0n) is 15.5. The quantitative estimate of drug-likeness (QED) is 0.676. The minimum absolute atomic E-state index is 0. The van der Waals surface area contributed by atoms with E-state index in [1.165, 1.54) is 0 Å². The Balaban J connectivity index is 0.00000225. The van der Waals surface area contributed by atoms with Gasteiger partial charge in [-0.05, 0) is 50.2 Å². The number of hydrogen-bond donors (Lipinski definition) is 1. The summed E-state index contributed by atoms with van der Waals surface area (Å²) < 4.78 is 7.27. The van der Waals surface area contributed by atoms with E-state index in [2.05, 4.69) is 10.4 Å². The number of likely N-dealkylation sites (tertiary alicyclic amines) is 1. The molecule has 1 fully saturated rings. The molecule has 6 nitrogen and oxygen atoms in total. The van der Waals surface area contributed by atoms with Crippen molar-refractivity contribution < 1.29 is 9.21 Å². The van der Waals surface area contributed by atoms with Crippen LogP contribution in [0.25, 0.3) is 17.1 Å². The van der Waals surface area contributed by atoms with E-state index in [9.17, 15) is 4.79 Å². The van der Waals surface area contributed by atoms with E-state index in [4.69, 9.17) is 16.0 Å². The van der Waals surface area contributed by atoms with Gasteiger partial charge in [0.25, 0.3) is 5.91 Å². The number of nitrogens with zero attached hydrogens (tertiary/aromatic N) is 3. The fourth-order valence-corrected chi connectivity index (χ4v) is 3.77. The van der Waals surface area contributed by atoms with Crippen molar-refractivity contribution in [1.29, 1.82) is 0 Å². The second-order valence-electron chi connectivity index (χ2n) is 6.64. The molecule has 1 saturated heterocycles. The Hall–Kier alpha value is -2.28. The van der Waals surface area contributed by atoms with Gasteiger partial charge in [-0.2, -0.15) is 5.10 Å². The normalized spacial score (nSPS) is 16.2. The number of benzene rings is 1. The zero-order chi connectivity index (χ0) is 18.8. The van der Waals surface area contributed by atoms with Crippen LogP contribution >= 0.6 is 24.0 Å². The molecule has 28 heavy (non-hydrogen) atoms. The van der Waals surface area contributed by atoms with Crippen molar-refractivity contribution in [3.05, 3.63) is 59.4 Å². The van der Waals surface area contributed by atoms with Crippen LogP contribution in [-0.2, 0) is 0 Å². The Bertz CT molecular complexity index is 940. The monoisotopic (exact) mass is 420 g/mol. The van der Waals surface area contributed by atoms with Crippen LogP contribution in [0, 0.1) is 0 Å². The van der Waals surface area contributed by atoms with Gasteiger partial charge < -0.3 is 14.6 Å². The molecular formula is C20H22Cl2N4O2. The Morgan fingerprint density at radius 3 is 2.89 bits per heavy atom. The topological polar surface area (TPSA) is 63.3 Å². The summed E-state index contributed by atoms with van der Waals surface area (Å²) in [6, 6.07) is 13.0. The van der Waals surface area contributed by atoms with Crippen molar-refractivity contribution in [1.82, 2.24) is 20.0 Å². The van der Waals surface area contributed by atoms with Gasteiger partial charge in [0.15, 0.2) is 11.5 Å². The first kappa shape index (κ1) is 20.5. The summed E-state index contributed by atoms with van der Waals surface area (Å²) in [5.74, 6) is 0.594. The molecule has 4 rings (SSSR count). The molecule has 1 aliphatic heterocycles. The van der Waals surface area contributed by atoms with E-state index >= 15 is 0 Å². The molecule has 1 atom stereocenters. The summed E-state index contributed by atoms with van der Waals surface area (Å²) >= 11 is 6.15. The van der Waals surface area contributed by atoms with Crippen LogP contribution in [0.15, 0.2) is 53.1 Å². The van der Waals surface area contributed by atoms with Crippen molar-refractivity contribution in [2.24, 2.45) is 0 Å². The standard InChI is InChI=1S/C20H21ClN4O2.ClH/c1-22-13-16-7-3-9-24(16)20(26)17-12-18(19-8-4-10-27-19)25(23-17)15-6-2-5-14(21)11-15;/h2,4-6,8,10-12,16,22H,3,7,9,13H2,1H3;1H. The predicted octanol–water partition coefficient (Wildman–Crippen LogP) is 4.03. The summed E-state index contributed by atoms with van der Waals surface area (Å²) in [4.78, 5) is 15.0. The number of hydrogen-bond acceptors (Lipinski definition) is 4. The number of aromatic nitrogens is 2. The van der Waals surface area contributed by atoms with Gasteiger partial charge in [0.2, 0.25) is 0 Å². The number of carbonyl (C=O) groups excluding carboxylic acids is 1. The van der Waals surface area contributed by atoms with Gasteiger partial charge in [-0.1, -0.05) is 17.7 Å². The minimum atomic E-state index is -0.0543. The highest BCUT2D eigenvalue weighted by molar-refractivity contribution is 6.30. The number of carbonyl (C=O) groups is 1. The molecule has 1 aliphatic rings. The van der Waals surface area contributed by atoms with Gasteiger partial charge in [-0.25, -0.2) is 4.68 Å². The average Bonchev–Trinajstić information content (AvgIpc) is 3.41. The van der Waals surface area contributed by atoms with Gasteiger partial charge in [-0.15, -0.1) is 12.4 Å². The maximum absolute atomic E-state index is 13.1. The molecular weight excluding hydrogens is 399 g/mol. The lowest BCUT2D eigenvalue weighted by molar-refractivity contribution is 0.0730. The maximum atomic E-state index is 13.1. The zero-order valence-corrected chi connectivity index (χ0v) is 17.0. The van der Waals surface area contributed by atoms with Crippen LogP contribution in [0.3, 0.4) is 0 Å². The average molecular weight is 421 g/mol. The molecule has 1 aromatic carbocycles. The number of furan rings is 1. The number of rotatable bonds is 5. The maximum Gasteiger partial charge on any atom is 0.274 e. The molecule has 8 heteroatoms. The van der Waals surface area contributed by atoms with Gasteiger partial charge >= 0.3 is 0 Å². The molecule has 2 aromatic heterocycles. The van der Waals surface area contributed by atoms with Gasteiger partial charge in [0.05, 0.1) is 12.0 Å². The van der Waals surface area contributed by atoms with Crippen LogP contribution in [-0.4, -0.2) is 46.8 Å². The Morgan fingerprint density at radius 2 is 2.18 bits per heavy atom. The highest BCUT2D eigenvalue weighted by Gasteiger charge is 2.31. The van der Waals surface area contributed by atoms with Crippen LogP contribution in [0.4, 0.5) is 0 Å². The lowest BCUT2D eigenvalue weighted by Gasteiger charge is -2.23. The molecule has 0 spiro atoms. The lowest BCUT2D eigenvalue weighted by atomic mass is 10.2. The Labute approximate surface area is 174 Å². The molecule has 3 heterocycles. The number of halogens is 2. The fourth-order valence-electron chi connectivity index (χ4n) is 3.59. The largest absolute Gasteiger partial charge is 0.463 e. The summed E-state index contributed by atoms with van der Waals surface area (Å²) in [5.41, 5.74) is 1.90. The van der Waals surface area contributed by atoms with Crippen molar-refractivity contribution in [3.8, 4) is 17.1 Å². The third-order valence-electron chi connectivity index (χ3n) is 4.83.